The lowest BCUT2D eigenvalue weighted by molar-refractivity contribution is -0.124. The summed E-state index contributed by atoms with van der Waals surface area (Å²) in [6.45, 7) is 1.68. The molecule has 0 saturated heterocycles. The van der Waals surface area contributed by atoms with Crippen molar-refractivity contribution in [2.24, 2.45) is 4.99 Å². The Morgan fingerprint density at radius 3 is 1.82 bits per heavy atom. The number of halogens is 1. The molecule has 0 aliphatic carbocycles. The number of methoxy groups -OCH3 is 1. The Morgan fingerprint density at radius 2 is 1.46 bits per heavy atom. The number of nitrogens with zero attached hydrogens (tertiary/aromatic N) is 2. The molecule has 0 fully saturated rings. The first-order valence-electron chi connectivity index (χ1n) is 8.62. The number of benzene rings is 2. The average molecular weight is 415 g/mol. The molecule has 0 aliphatic rings. The summed E-state index contributed by atoms with van der Waals surface area (Å²) in [5.74, 6) is 0.0832. The number of carbonyl (C=O) groups excluding carboxylic acids is 1. The number of aliphatic imine (C=N–C) groups is 1. The molecule has 0 atom stereocenters. The fraction of sp³-hybridized carbons (Fsp3) is 0.182. The second-order valence-corrected chi connectivity index (χ2v) is 7.28. The van der Waals surface area contributed by atoms with Crippen molar-refractivity contribution in [2.75, 3.05) is 21.2 Å². The number of amides is 1. The second kappa shape index (κ2) is 10.2. The number of likely N-dealkylation sites (N-methyl/N-ethyl adjacent to an activating group) is 1. The van der Waals surface area contributed by atoms with Crippen molar-refractivity contribution in [3.63, 3.8) is 0 Å². The van der Waals surface area contributed by atoms with E-state index in [4.69, 9.17) is 21.3 Å². The zero-order valence-corrected chi connectivity index (χ0v) is 18.0. The van der Waals surface area contributed by atoms with Crippen molar-refractivity contribution in [3.8, 4) is 0 Å². The summed E-state index contributed by atoms with van der Waals surface area (Å²) in [5, 5.41) is 0. The van der Waals surface area contributed by atoms with E-state index in [9.17, 15) is 4.79 Å². The molecule has 146 valence electrons. The van der Waals surface area contributed by atoms with Gasteiger partial charge in [0, 0.05) is 25.2 Å². The van der Waals surface area contributed by atoms with Crippen LogP contribution in [0.1, 0.15) is 18.1 Å². The van der Waals surface area contributed by atoms with Crippen LogP contribution in [0.3, 0.4) is 0 Å². The van der Waals surface area contributed by atoms with Crippen LogP contribution in [0.2, 0.25) is 0 Å². The zero-order valence-electron chi connectivity index (χ0n) is 16.3. The normalized spacial score (nSPS) is 12.5. The van der Waals surface area contributed by atoms with Crippen molar-refractivity contribution in [1.29, 1.82) is 0 Å². The van der Waals surface area contributed by atoms with Gasteiger partial charge in [-0.2, -0.15) is 0 Å². The van der Waals surface area contributed by atoms with Crippen LogP contribution in [0, 0.1) is 0 Å². The van der Waals surface area contributed by atoms with Crippen molar-refractivity contribution >= 4 is 35.8 Å². The van der Waals surface area contributed by atoms with E-state index < -0.39 is 0 Å². The highest BCUT2D eigenvalue weighted by atomic mass is 35.5. The first-order chi connectivity index (χ1) is 13.4. The fourth-order valence-electron chi connectivity index (χ4n) is 2.65. The Kier molecular flexibility index (Phi) is 7.91. The third-order valence-electron chi connectivity index (χ3n) is 4.00. The number of hydrogen-bond acceptors (Lipinski definition) is 4. The smallest absolute Gasteiger partial charge is 0.252 e. The first-order valence-corrected chi connectivity index (χ1v) is 9.44. The van der Waals surface area contributed by atoms with E-state index in [0.717, 1.165) is 11.1 Å². The molecule has 4 nitrogen and oxygen atoms in total. The highest BCUT2D eigenvalue weighted by molar-refractivity contribution is 7.86. The molecule has 0 aromatic heterocycles. The number of thiol groups is 1. The van der Waals surface area contributed by atoms with Crippen LogP contribution in [0.4, 0.5) is 0 Å². The van der Waals surface area contributed by atoms with Crippen molar-refractivity contribution < 1.29 is 9.53 Å². The lowest BCUT2D eigenvalue weighted by Gasteiger charge is -2.17. The topological polar surface area (TPSA) is 41.9 Å². The highest BCUT2D eigenvalue weighted by Crippen LogP contribution is 2.28. The minimum Gasteiger partial charge on any atom is -0.494 e. The quantitative estimate of drug-likeness (QED) is 0.241. The average Bonchev–Trinajstić information content (AvgIpc) is 2.71. The fourth-order valence-corrected chi connectivity index (χ4v) is 2.93. The van der Waals surface area contributed by atoms with Crippen LogP contribution in [0.15, 0.2) is 87.0 Å². The van der Waals surface area contributed by atoms with Crippen molar-refractivity contribution in [1.82, 2.24) is 4.90 Å². The highest BCUT2D eigenvalue weighted by Gasteiger charge is 2.20. The van der Waals surface area contributed by atoms with Gasteiger partial charge in [-0.25, -0.2) is 4.99 Å². The predicted molar refractivity (Wildman–Crippen MR) is 119 cm³/mol. The molecule has 0 radical (unpaired) electrons. The van der Waals surface area contributed by atoms with Gasteiger partial charge in [0.1, 0.15) is 5.70 Å². The molecule has 0 aliphatic heterocycles. The third-order valence-corrected chi connectivity index (χ3v) is 4.39. The molecule has 0 bridgehead atoms. The van der Waals surface area contributed by atoms with Gasteiger partial charge in [-0.15, -0.1) is 12.6 Å². The van der Waals surface area contributed by atoms with Gasteiger partial charge in [0.15, 0.2) is 5.76 Å². The first kappa shape index (κ1) is 21.8. The Morgan fingerprint density at radius 1 is 1.00 bits per heavy atom. The Balaban J connectivity index is 2.72. The van der Waals surface area contributed by atoms with Crippen LogP contribution < -0.4 is 0 Å². The minimum atomic E-state index is -0.197. The molecule has 2 aromatic rings. The van der Waals surface area contributed by atoms with Crippen LogP contribution >= 0.6 is 24.2 Å². The SMILES string of the molecule is COC(=C(/C)C(=O)N(C)C)/C(N=C(c1ccccc1)c1ccccc1)=C(\S)Cl. The van der Waals surface area contributed by atoms with Crippen molar-refractivity contribution in [3.05, 3.63) is 93.2 Å². The van der Waals surface area contributed by atoms with E-state index in [1.807, 2.05) is 60.7 Å². The molecule has 0 spiro atoms. The van der Waals surface area contributed by atoms with Gasteiger partial charge < -0.3 is 9.64 Å². The summed E-state index contributed by atoms with van der Waals surface area (Å²) in [6, 6.07) is 19.5. The maximum atomic E-state index is 12.4. The van der Waals surface area contributed by atoms with Crippen LogP contribution in [-0.4, -0.2) is 37.7 Å². The largest absolute Gasteiger partial charge is 0.494 e. The summed E-state index contributed by atoms with van der Waals surface area (Å²) in [6.07, 6.45) is 0. The summed E-state index contributed by atoms with van der Waals surface area (Å²) in [4.78, 5) is 18.7. The maximum absolute atomic E-state index is 12.4. The van der Waals surface area contributed by atoms with E-state index in [0.29, 0.717) is 17.0 Å². The van der Waals surface area contributed by atoms with Gasteiger partial charge in [-0.1, -0.05) is 72.3 Å². The summed E-state index contributed by atoms with van der Waals surface area (Å²) in [5.41, 5.74) is 3.19. The molecule has 2 rings (SSSR count). The lowest BCUT2D eigenvalue weighted by Crippen LogP contribution is -2.24. The third kappa shape index (κ3) is 5.27. The van der Waals surface area contributed by atoms with Crippen molar-refractivity contribution in [2.45, 2.75) is 6.92 Å². The summed E-state index contributed by atoms with van der Waals surface area (Å²) >= 11 is 10.6. The van der Waals surface area contributed by atoms with Gasteiger partial charge in [0.25, 0.3) is 5.91 Å². The molecule has 6 heteroatoms. The molecule has 0 unspecified atom stereocenters. The van der Waals surface area contributed by atoms with E-state index in [2.05, 4.69) is 12.6 Å². The minimum absolute atomic E-state index is 0.132. The molecule has 28 heavy (non-hydrogen) atoms. The number of carbonyl (C=O) groups is 1. The Hall–Kier alpha value is -2.50. The second-order valence-electron chi connectivity index (χ2n) is 6.19. The molecule has 1 amide bonds. The van der Waals surface area contributed by atoms with Crippen LogP contribution in [-0.2, 0) is 9.53 Å². The van der Waals surface area contributed by atoms with Gasteiger partial charge in [-0.05, 0) is 6.92 Å². The lowest BCUT2D eigenvalue weighted by atomic mass is 10.0. The van der Waals surface area contributed by atoms with Gasteiger partial charge in [-0.3, -0.25) is 4.79 Å². The van der Waals surface area contributed by atoms with Crippen LogP contribution in [0.5, 0.6) is 0 Å². The molecule has 0 heterocycles. The Bertz CT molecular complexity index is 875. The molecule has 2 aromatic carbocycles. The van der Waals surface area contributed by atoms with E-state index >= 15 is 0 Å². The standard InChI is InChI=1S/C22H23ClN2O2S/c1-15(22(26)25(2)3)20(27-4)19(21(23)28)24-18(16-11-7-5-8-12-16)17-13-9-6-10-14-17/h5-14,28H,1-4H3/b20-15-,21-19+. The van der Waals surface area contributed by atoms with Crippen LogP contribution in [0.25, 0.3) is 0 Å². The van der Waals surface area contributed by atoms with Gasteiger partial charge in [0.2, 0.25) is 0 Å². The Labute approximate surface area is 176 Å². The number of rotatable bonds is 6. The monoisotopic (exact) mass is 414 g/mol. The molecule has 0 saturated carbocycles. The number of hydrogen-bond donors (Lipinski definition) is 1. The molecular formula is C22H23ClN2O2S. The van der Waals surface area contributed by atoms with E-state index in [1.165, 1.54) is 12.0 Å². The van der Waals surface area contributed by atoms with Gasteiger partial charge >= 0.3 is 0 Å². The van der Waals surface area contributed by atoms with E-state index in [-0.39, 0.29) is 16.0 Å². The molecule has 0 N–H and O–H groups in total. The maximum Gasteiger partial charge on any atom is 0.252 e. The van der Waals surface area contributed by atoms with Gasteiger partial charge in [0.05, 0.1) is 22.8 Å². The predicted octanol–water partition coefficient (Wildman–Crippen LogP) is 4.87. The molecular weight excluding hydrogens is 392 g/mol. The zero-order chi connectivity index (χ0) is 20.7. The summed E-state index contributed by atoms with van der Waals surface area (Å²) in [7, 11) is 4.83. The van der Waals surface area contributed by atoms with E-state index in [1.54, 1.807) is 21.0 Å². The number of ether oxygens (including phenoxy) is 1. The summed E-state index contributed by atoms with van der Waals surface area (Å²) < 4.78 is 5.64.